The molecule has 2 amide bonds. The Morgan fingerprint density at radius 2 is 2.14 bits per heavy atom. The van der Waals surface area contributed by atoms with Gasteiger partial charge in [0.2, 0.25) is 0 Å². The van der Waals surface area contributed by atoms with Crippen molar-refractivity contribution >= 4 is 17.6 Å². The normalized spacial score (nSPS) is 22.7. The molecule has 0 saturated heterocycles. The van der Waals surface area contributed by atoms with Crippen LogP contribution < -0.4 is 15.4 Å². The summed E-state index contributed by atoms with van der Waals surface area (Å²) in [5.74, 6) is 0.599. The summed E-state index contributed by atoms with van der Waals surface area (Å²) in [6, 6.07) is 6.79. The lowest BCUT2D eigenvalue weighted by atomic mass is 9.93. The van der Waals surface area contributed by atoms with E-state index < -0.39 is 6.10 Å². The summed E-state index contributed by atoms with van der Waals surface area (Å²) in [7, 11) is 0. The van der Waals surface area contributed by atoms with Gasteiger partial charge in [0.05, 0.1) is 23.7 Å². The number of hydrogen-bond donors (Lipinski definition) is 3. The minimum absolute atomic E-state index is 0.159. The largest absolute Gasteiger partial charge is 0.487 e. The molecule has 1 aliphatic carbocycles. The van der Waals surface area contributed by atoms with Crippen molar-refractivity contribution in [2.45, 2.75) is 50.9 Å². The molecule has 0 aromatic heterocycles. The maximum atomic E-state index is 11.9. The molecule has 22 heavy (non-hydrogen) atoms. The van der Waals surface area contributed by atoms with Gasteiger partial charge in [-0.3, -0.25) is 0 Å². The SMILES string of the molecule is CC(CNC(=O)NC1CCCCC1O)Oc1ccccc1Cl. The van der Waals surface area contributed by atoms with E-state index in [1.54, 1.807) is 12.1 Å². The van der Waals surface area contributed by atoms with Gasteiger partial charge in [0, 0.05) is 0 Å². The topological polar surface area (TPSA) is 70.6 Å². The number of benzene rings is 1. The van der Waals surface area contributed by atoms with E-state index >= 15 is 0 Å². The van der Waals surface area contributed by atoms with Crippen molar-refractivity contribution in [3.8, 4) is 5.75 Å². The van der Waals surface area contributed by atoms with Crippen molar-refractivity contribution in [2.75, 3.05) is 6.54 Å². The highest BCUT2D eigenvalue weighted by Crippen LogP contribution is 2.24. The van der Waals surface area contributed by atoms with Crippen molar-refractivity contribution in [1.82, 2.24) is 10.6 Å². The fourth-order valence-electron chi connectivity index (χ4n) is 2.53. The number of carbonyl (C=O) groups is 1. The van der Waals surface area contributed by atoms with E-state index in [0.717, 1.165) is 25.7 Å². The van der Waals surface area contributed by atoms with E-state index in [4.69, 9.17) is 16.3 Å². The highest BCUT2D eigenvalue weighted by atomic mass is 35.5. The zero-order chi connectivity index (χ0) is 15.9. The van der Waals surface area contributed by atoms with Gasteiger partial charge in [0.25, 0.3) is 0 Å². The number of para-hydroxylation sites is 1. The second kappa shape index (κ2) is 8.25. The van der Waals surface area contributed by atoms with Gasteiger partial charge in [0.1, 0.15) is 11.9 Å². The molecule has 5 nitrogen and oxygen atoms in total. The Kier molecular flexibility index (Phi) is 6.34. The summed E-state index contributed by atoms with van der Waals surface area (Å²) in [6.45, 7) is 2.22. The maximum Gasteiger partial charge on any atom is 0.315 e. The molecule has 3 N–H and O–H groups in total. The predicted molar refractivity (Wildman–Crippen MR) is 86.3 cm³/mol. The molecule has 0 bridgehead atoms. The molecule has 0 aliphatic heterocycles. The highest BCUT2D eigenvalue weighted by molar-refractivity contribution is 6.32. The van der Waals surface area contributed by atoms with Crippen LogP contribution in [0.3, 0.4) is 0 Å². The Bertz CT molecular complexity index is 498. The van der Waals surface area contributed by atoms with Crippen LogP contribution >= 0.6 is 11.6 Å². The van der Waals surface area contributed by atoms with Crippen LogP contribution in [0.4, 0.5) is 4.79 Å². The first-order chi connectivity index (χ1) is 10.6. The number of aliphatic hydroxyl groups is 1. The van der Waals surface area contributed by atoms with Crippen LogP contribution in [0.5, 0.6) is 5.75 Å². The van der Waals surface area contributed by atoms with Crippen molar-refractivity contribution in [2.24, 2.45) is 0 Å². The lowest BCUT2D eigenvalue weighted by molar-refractivity contribution is 0.0940. The Balaban J connectivity index is 1.72. The highest BCUT2D eigenvalue weighted by Gasteiger charge is 2.24. The minimum Gasteiger partial charge on any atom is -0.487 e. The maximum absolute atomic E-state index is 11.9. The molecular weight excluding hydrogens is 304 g/mol. The van der Waals surface area contributed by atoms with E-state index in [9.17, 15) is 9.90 Å². The van der Waals surface area contributed by atoms with Crippen molar-refractivity contribution < 1.29 is 14.6 Å². The molecule has 6 heteroatoms. The standard InChI is InChI=1S/C16H23ClN2O3/c1-11(22-15-9-5-2-6-12(15)17)10-18-16(21)19-13-7-3-4-8-14(13)20/h2,5-6,9,11,13-14,20H,3-4,7-8,10H2,1H3,(H2,18,19,21). The average Bonchev–Trinajstić information content (AvgIpc) is 2.50. The van der Waals surface area contributed by atoms with E-state index in [0.29, 0.717) is 17.3 Å². The van der Waals surface area contributed by atoms with Gasteiger partial charge < -0.3 is 20.5 Å². The van der Waals surface area contributed by atoms with E-state index in [1.807, 2.05) is 19.1 Å². The number of aliphatic hydroxyl groups excluding tert-OH is 1. The van der Waals surface area contributed by atoms with Gasteiger partial charge in [-0.05, 0) is 31.9 Å². The Morgan fingerprint density at radius 3 is 2.86 bits per heavy atom. The van der Waals surface area contributed by atoms with Crippen LogP contribution in [0, 0.1) is 0 Å². The van der Waals surface area contributed by atoms with Gasteiger partial charge >= 0.3 is 6.03 Å². The molecule has 0 spiro atoms. The number of amides is 2. The smallest absolute Gasteiger partial charge is 0.315 e. The van der Waals surface area contributed by atoms with E-state index in [2.05, 4.69) is 10.6 Å². The Labute approximate surface area is 136 Å². The molecule has 1 saturated carbocycles. The summed E-state index contributed by atoms with van der Waals surface area (Å²) in [4.78, 5) is 11.9. The Morgan fingerprint density at radius 1 is 1.41 bits per heavy atom. The summed E-state index contributed by atoms with van der Waals surface area (Å²) in [6.07, 6.45) is 2.97. The van der Waals surface area contributed by atoms with Gasteiger partial charge in [0.15, 0.2) is 0 Å². The van der Waals surface area contributed by atoms with Crippen LogP contribution in [0.15, 0.2) is 24.3 Å². The number of nitrogens with one attached hydrogen (secondary N) is 2. The molecule has 122 valence electrons. The van der Waals surface area contributed by atoms with Crippen LogP contribution in [0.1, 0.15) is 32.6 Å². The third-order valence-corrected chi connectivity index (χ3v) is 4.07. The number of rotatable bonds is 5. The first kappa shape index (κ1) is 16.9. The zero-order valence-electron chi connectivity index (χ0n) is 12.7. The molecule has 1 aromatic carbocycles. The average molecular weight is 327 g/mol. The fourth-order valence-corrected chi connectivity index (χ4v) is 2.71. The third kappa shape index (κ3) is 5.07. The number of halogens is 1. The molecule has 3 atom stereocenters. The van der Waals surface area contributed by atoms with Crippen LogP contribution in [-0.2, 0) is 0 Å². The van der Waals surface area contributed by atoms with Gasteiger partial charge in [-0.25, -0.2) is 4.79 Å². The summed E-state index contributed by atoms with van der Waals surface area (Å²) >= 11 is 6.02. The molecule has 0 radical (unpaired) electrons. The van der Waals surface area contributed by atoms with E-state index in [-0.39, 0.29) is 18.2 Å². The zero-order valence-corrected chi connectivity index (χ0v) is 13.5. The summed E-state index contributed by atoms with van der Waals surface area (Å²) < 4.78 is 5.68. The lowest BCUT2D eigenvalue weighted by Gasteiger charge is -2.28. The van der Waals surface area contributed by atoms with Crippen LogP contribution in [-0.4, -0.2) is 35.9 Å². The second-order valence-electron chi connectivity index (χ2n) is 5.67. The number of carbonyl (C=O) groups excluding carboxylic acids is 1. The first-order valence-corrected chi connectivity index (χ1v) is 8.07. The quantitative estimate of drug-likeness (QED) is 0.779. The van der Waals surface area contributed by atoms with Gasteiger partial charge in [-0.1, -0.05) is 36.6 Å². The van der Waals surface area contributed by atoms with Crippen molar-refractivity contribution in [1.29, 1.82) is 0 Å². The van der Waals surface area contributed by atoms with Crippen molar-refractivity contribution in [3.63, 3.8) is 0 Å². The van der Waals surface area contributed by atoms with Gasteiger partial charge in [-0.15, -0.1) is 0 Å². The minimum atomic E-state index is -0.448. The summed E-state index contributed by atoms with van der Waals surface area (Å²) in [5, 5.41) is 16.0. The lowest BCUT2D eigenvalue weighted by Crippen LogP contribution is -2.50. The first-order valence-electron chi connectivity index (χ1n) is 7.70. The summed E-state index contributed by atoms with van der Waals surface area (Å²) in [5.41, 5.74) is 0. The molecule has 3 unspecified atom stereocenters. The number of urea groups is 1. The number of hydrogen-bond acceptors (Lipinski definition) is 3. The number of ether oxygens (including phenoxy) is 1. The fraction of sp³-hybridized carbons (Fsp3) is 0.562. The predicted octanol–water partition coefficient (Wildman–Crippen LogP) is 2.71. The van der Waals surface area contributed by atoms with E-state index in [1.165, 1.54) is 0 Å². The third-order valence-electron chi connectivity index (χ3n) is 3.76. The molecular formula is C16H23ClN2O3. The second-order valence-corrected chi connectivity index (χ2v) is 6.08. The van der Waals surface area contributed by atoms with Crippen LogP contribution in [0.25, 0.3) is 0 Å². The van der Waals surface area contributed by atoms with Crippen molar-refractivity contribution in [3.05, 3.63) is 29.3 Å². The van der Waals surface area contributed by atoms with Gasteiger partial charge in [-0.2, -0.15) is 0 Å². The van der Waals surface area contributed by atoms with Crippen LogP contribution in [0.2, 0.25) is 5.02 Å². The monoisotopic (exact) mass is 326 g/mol. The molecule has 1 aliphatic rings. The molecule has 0 heterocycles. The molecule has 2 rings (SSSR count). The molecule has 1 aromatic rings. The Hall–Kier alpha value is -1.46. The molecule has 1 fully saturated rings.